The highest BCUT2D eigenvalue weighted by molar-refractivity contribution is 6.30. The van der Waals surface area contributed by atoms with E-state index in [0.29, 0.717) is 10.6 Å². The molecule has 1 atom stereocenters. The van der Waals surface area contributed by atoms with Gasteiger partial charge in [-0.15, -0.1) is 0 Å². The Morgan fingerprint density at radius 2 is 2.25 bits per heavy atom. The van der Waals surface area contributed by atoms with Crippen LogP contribution in [-0.4, -0.2) is 23.8 Å². The molecule has 1 rings (SSSR count). The predicted octanol–water partition coefficient (Wildman–Crippen LogP) is 1.81. The fourth-order valence-corrected chi connectivity index (χ4v) is 1.73. The molecule has 0 aliphatic rings. The summed E-state index contributed by atoms with van der Waals surface area (Å²) in [6.45, 7) is 3.93. The number of rotatable bonds is 4. The van der Waals surface area contributed by atoms with Crippen LogP contribution in [0.1, 0.15) is 19.4 Å². The number of aromatic nitrogens is 1. The predicted molar refractivity (Wildman–Crippen MR) is 64.3 cm³/mol. The summed E-state index contributed by atoms with van der Waals surface area (Å²) < 4.78 is 5.04. The molecule has 4 nitrogen and oxygen atoms in total. The maximum atomic E-state index is 10.6. The average Bonchev–Trinajstić information content (AvgIpc) is 2.21. The highest BCUT2D eigenvalue weighted by Gasteiger charge is 2.35. The number of nitrogen functional groups attached to an aromatic ring is 1. The van der Waals surface area contributed by atoms with Crippen molar-refractivity contribution >= 4 is 17.4 Å². The molecule has 0 saturated carbocycles. The van der Waals surface area contributed by atoms with Gasteiger partial charge in [-0.3, -0.25) is 0 Å². The van der Waals surface area contributed by atoms with Crippen molar-refractivity contribution < 1.29 is 9.84 Å². The Labute approximate surface area is 100 Å². The second-order valence-corrected chi connectivity index (χ2v) is 4.53. The summed E-state index contributed by atoms with van der Waals surface area (Å²) in [4.78, 5) is 3.94. The van der Waals surface area contributed by atoms with Gasteiger partial charge < -0.3 is 15.6 Å². The maximum Gasteiger partial charge on any atom is 0.129 e. The van der Waals surface area contributed by atoms with E-state index in [9.17, 15) is 5.11 Å². The quantitative estimate of drug-likeness (QED) is 0.848. The number of aliphatic hydroxyl groups is 1. The molecule has 0 aromatic carbocycles. The zero-order valence-electron chi connectivity index (χ0n) is 9.70. The first-order valence-corrected chi connectivity index (χ1v) is 5.42. The van der Waals surface area contributed by atoms with Crippen LogP contribution in [0.25, 0.3) is 0 Å². The van der Waals surface area contributed by atoms with Crippen LogP contribution in [-0.2, 0) is 10.3 Å². The fourth-order valence-electron chi connectivity index (χ4n) is 1.57. The van der Waals surface area contributed by atoms with Crippen LogP contribution in [0.3, 0.4) is 0 Å². The molecule has 0 saturated heterocycles. The summed E-state index contributed by atoms with van der Waals surface area (Å²) in [6.07, 6.45) is 1.45. The van der Waals surface area contributed by atoms with Gasteiger partial charge >= 0.3 is 0 Å². The van der Waals surface area contributed by atoms with Crippen molar-refractivity contribution in [1.82, 2.24) is 4.98 Å². The lowest BCUT2D eigenvalue weighted by atomic mass is 9.84. The molecule has 1 heterocycles. The summed E-state index contributed by atoms with van der Waals surface area (Å²) >= 11 is 5.86. The number of pyridine rings is 1. The van der Waals surface area contributed by atoms with E-state index in [1.807, 2.05) is 13.8 Å². The zero-order chi connectivity index (χ0) is 12.3. The monoisotopic (exact) mass is 244 g/mol. The molecule has 5 heteroatoms. The lowest BCUT2D eigenvalue weighted by Gasteiger charge is -2.32. The highest BCUT2D eigenvalue weighted by atomic mass is 35.5. The van der Waals surface area contributed by atoms with Crippen molar-refractivity contribution in [3.63, 3.8) is 0 Å². The fraction of sp³-hybridized carbons (Fsp3) is 0.545. The standard InChI is InChI=1S/C11H17ClN2O2/c1-7(2)11(15,6-16-3)9-4-8(12)5-14-10(9)13/h4-5,7,15H,6H2,1-3H3,(H2,13,14). The van der Waals surface area contributed by atoms with Gasteiger partial charge in [0.25, 0.3) is 0 Å². The molecule has 0 amide bonds. The third kappa shape index (κ3) is 2.45. The number of methoxy groups -OCH3 is 1. The SMILES string of the molecule is COCC(O)(c1cc(Cl)cnc1N)C(C)C. The Balaban J connectivity index is 3.25. The van der Waals surface area contributed by atoms with Gasteiger partial charge in [0.1, 0.15) is 11.4 Å². The number of hydrogen-bond acceptors (Lipinski definition) is 4. The van der Waals surface area contributed by atoms with E-state index >= 15 is 0 Å². The van der Waals surface area contributed by atoms with Crippen LogP contribution in [0.2, 0.25) is 5.02 Å². The van der Waals surface area contributed by atoms with Crippen LogP contribution in [0.15, 0.2) is 12.3 Å². The molecule has 3 N–H and O–H groups in total. The third-order valence-electron chi connectivity index (χ3n) is 2.67. The third-order valence-corrected chi connectivity index (χ3v) is 2.88. The minimum absolute atomic E-state index is 0.0602. The van der Waals surface area contributed by atoms with Crippen molar-refractivity contribution in [2.45, 2.75) is 19.4 Å². The first-order valence-electron chi connectivity index (χ1n) is 5.04. The normalized spacial score (nSPS) is 15.1. The van der Waals surface area contributed by atoms with E-state index < -0.39 is 5.60 Å². The molecule has 0 aliphatic carbocycles. The first kappa shape index (κ1) is 13.2. The van der Waals surface area contributed by atoms with Gasteiger partial charge in [-0.2, -0.15) is 0 Å². The van der Waals surface area contributed by atoms with Crippen molar-refractivity contribution in [2.75, 3.05) is 19.5 Å². The minimum atomic E-state index is -1.17. The second kappa shape index (κ2) is 4.99. The molecule has 0 radical (unpaired) electrons. The molecular weight excluding hydrogens is 228 g/mol. The molecular formula is C11H17ClN2O2. The van der Waals surface area contributed by atoms with Gasteiger partial charge in [0.2, 0.25) is 0 Å². The Morgan fingerprint density at radius 1 is 1.62 bits per heavy atom. The molecule has 0 fully saturated rings. The molecule has 16 heavy (non-hydrogen) atoms. The summed E-state index contributed by atoms with van der Waals surface area (Å²) in [7, 11) is 1.53. The molecule has 0 spiro atoms. The second-order valence-electron chi connectivity index (χ2n) is 4.10. The smallest absolute Gasteiger partial charge is 0.129 e. The van der Waals surface area contributed by atoms with Crippen molar-refractivity contribution in [2.24, 2.45) is 5.92 Å². The highest BCUT2D eigenvalue weighted by Crippen LogP contribution is 2.34. The Bertz CT molecular complexity index is 371. The van der Waals surface area contributed by atoms with Gasteiger partial charge in [-0.25, -0.2) is 4.98 Å². The van der Waals surface area contributed by atoms with Crippen LogP contribution in [0.4, 0.5) is 5.82 Å². The van der Waals surface area contributed by atoms with Crippen LogP contribution < -0.4 is 5.73 Å². The molecule has 1 aromatic heterocycles. The minimum Gasteiger partial charge on any atom is -0.383 e. The van der Waals surface area contributed by atoms with Crippen molar-refractivity contribution in [1.29, 1.82) is 0 Å². The van der Waals surface area contributed by atoms with Crippen LogP contribution >= 0.6 is 11.6 Å². The zero-order valence-corrected chi connectivity index (χ0v) is 10.5. The number of hydrogen-bond donors (Lipinski definition) is 2. The van der Waals surface area contributed by atoms with Gasteiger partial charge in [0.05, 0.1) is 11.6 Å². The van der Waals surface area contributed by atoms with E-state index in [0.717, 1.165) is 0 Å². The summed E-state index contributed by atoms with van der Waals surface area (Å²) in [5, 5.41) is 11.0. The molecule has 90 valence electrons. The maximum absolute atomic E-state index is 10.6. The largest absolute Gasteiger partial charge is 0.383 e. The van der Waals surface area contributed by atoms with E-state index in [1.54, 1.807) is 6.07 Å². The summed E-state index contributed by atoms with van der Waals surface area (Å²) in [5.41, 5.74) is 5.10. The summed E-state index contributed by atoms with van der Waals surface area (Å²) in [5.74, 6) is 0.215. The van der Waals surface area contributed by atoms with Crippen molar-refractivity contribution in [3.05, 3.63) is 22.8 Å². The van der Waals surface area contributed by atoms with Crippen LogP contribution in [0, 0.1) is 5.92 Å². The van der Waals surface area contributed by atoms with Crippen molar-refractivity contribution in [3.8, 4) is 0 Å². The molecule has 0 bridgehead atoms. The molecule has 0 aliphatic heterocycles. The Morgan fingerprint density at radius 3 is 2.75 bits per heavy atom. The topological polar surface area (TPSA) is 68.4 Å². The van der Waals surface area contributed by atoms with E-state index in [4.69, 9.17) is 22.1 Å². The lowest BCUT2D eigenvalue weighted by Crippen LogP contribution is -2.37. The van der Waals surface area contributed by atoms with E-state index in [-0.39, 0.29) is 18.3 Å². The molecule has 1 aromatic rings. The van der Waals surface area contributed by atoms with Gasteiger partial charge in [0, 0.05) is 18.9 Å². The Kier molecular flexibility index (Phi) is 4.13. The van der Waals surface area contributed by atoms with Crippen LogP contribution in [0.5, 0.6) is 0 Å². The molecule has 1 unspecified atom stereocenters. The lowest BCUT2D eigenvalue weighted by molar-refractivity contribution is -0.0696. The average molecular weight is 245 g/mol. The number of nitrogens with two attached hydrogens (primary N) is 1. The Hall–Kier alpha value is -0.840. The summed E-state index contributed by atoms with van der Waals surface area (Å²) in [6, 6.07) is 1.63. The van der Waals surface area contributed by atoms with Gasteiger partial charge in [-0.05, 0) is 12.0 Å². The number of anilines is 1. The number of halogens is 1. The van der Waals surface area contributed by atoms with E-state index in [2.05, 4.69) is 4.98 Å². The van der Waals surface area contributed by atoms with Gasteiger partial charge in [0.15, 0.2) is 0 Å². The number of ether oxygens (including phenoxy) is 1. The number of nitrogens with zero attached hydrogens (tertiary/aromatic N) is 1. The van der Waals surface area contributed by atoms with Gasteiger partial charge in [-0.1, -0.05) is 25.4 Å². The first-order chi connectivity index (χ1) is 7.41. The van der Waals surface area contributed by atoms with E-state index in [1.165, 1.54) is 13.3 Å².